The summed E-state index contributed by atoms with van der Waals surface area (Å²) in [5.41, 5.74) is 0.947. The first kappa shape index (κ1) is 17.4. The highest BCUT2D eigenvalue weighted by atomic mass is 35.5. The molecule has 0 aliphatic carbocycles. The molecule has 0 saturated carbocycles. The van der Waals surface area contributed by atoms with Crippen LogP contribution in [0.4, 0.5) is 0 Å². The molecule has 0 amide bonds. The predicted molar refractivity (Wildman–Crippen MR) is 84.0 cm³/mol. The molecule has 3 nitrogen and oxygen atoms in total. The van der Waals surface area contributed by atoms with Crippen molar-refractivity contribution in [2.75, 3.05) is 19.7 Å². The molecule has 0 spiro atoms. The molecule has 2 atom stereocenters. The second kappa shape index (κ2) is 9.35. The molecule has 1 rings (SSSR count). The van der Waals surface area contributed by atoms with Crippen molar-refractivity contribution >= 4 is 11.6 Å². The molecule has 1 aromatic rings. The van der Waals surface area contributed by atoms with Crippen molar-refractivity contribution in [2.24, 2.45) is 11.8 Å². The standard InChI is InChI=1S/C16H26ClNO2/c1-12(2)13(3)8-18-9-15(19)11-20-10-14-6-4-5-7-16(14)17/h4-7,12-13,15,18-19H,8-11H2,1-3H3. The third-order valence-electron chi connectivity index (χ3n) is 3.51. The Balaban J connectivity index is 2.14. The van der Waals surface area contributed by atoms with Crippen LogP contribution in [-0.4, -0.2) is 30.9 Å². The van der Waals surface area contributed by atoms with Gasteiger partial charge in [-0.05, 0) is 30.0 Å². The summed E-state index contributed by atoms with van der Waals surface area (Å²) in [6.45, 7) is 8.83. The Morgan fingerprint density at radius 1 is 1.20 bits per heavy atom. The average molecular weight is 300 g/mol. The molecule has 0 aliphatic rings. The van der Waals surface area contributed by atoms with E-state index in [1.165, 1.54) is 0 Å². The van der Waals surface area contributed by atoms with Crippen LogP contribution in [0.2, 0.25) is 5.02 Å². The highest BCUT2D eigenvalue weighted by Gasteiger charge is 2.09. The molecule has 0 saturated heterocycles. The molecular formula is C16H26ClNO2. The van der Waals surface area contributed by atoms with Crippen LogP contribution < -0.4 is 5.32 Å². The average Bonchev–Trinajstić information content (AvgIpc) is 2.40. The number of rotatable bonds is 9. The minimum atomic E-state index is -0.489. The maximum absolute atomic E-state index is 9.83. The van der Waals surface area contributed by atoms with Crippen molar-refractivity contribution in [1.29, 1.82) is 0 Å². The van der Waals surface area contributed by atoms with Crippen LogP contribution in [0.15, 0.2) is 24.3 Å². The van der Waals surface area contributed by atoms with Crippen molar-refractivity contribution in [2.45, 2.75) is 33.5 Å². The minimum Gasteiger partial charge on any atom is -0.389 e. The van der Waals surface area contributed by atoms with Crippen molar-refractivity contribution in [3.8, 4) is 0 Å². The van der Waals surface area contributed by atoms with Gasteiger partial charge in [0.05, 0.1) is 19.3 Å². The van der Waals surface area contributed by atoms with E-state index in [2.05, 4.69) is 26.1 Å². The molecule has 2 N–H and O–H groups in total. The van der Waals surface area contributed by atoms with Crippen LogP contribution in [0, 0.1) is 11.8 Å². The number of benzene rings is 1. The van der Waals surface area contributed by atoms with Gasteiger partial charge in [-0.25, -0.2) is 0 Å². The van der Waals surface area contributed by atoms with E-state index in [-0.39, 0.29) is 0 Å². The van der Waals surface area contributed by atoms with Gasteiger partial charge in [0.1, 0.15) is 0 Å². The molecule has 0 radical (unpaired) electrons. The number of hydrogen-bond donors (Lipinski definition) is 2. The van der Waals surface area contributed by atoms with Crippen LogP contribution in [0.25, 0.3) is 0 Å². The zero-order chi connectivity index (χ0) is 15.0. The molecule has 4 heteroatoms. The van der Waals surface area contributed by atoms with Gasteiger partial charge in [-0.3, -0.25) is 0 Å². The van der Waals surface area contributed by atoms with Gasteiger partial charge in [-0.2, -0.15) is 0 Å². The Morgan fingerprint density at radius 3 is 2.55 bits per heavy atom. The molecule has 2 unspecified atom stereocenters. The van der Waals surface area contributed by atoms with E-state index in [0.717, 1.165) is 12.1 Å². The van der Waals surface area contributed by atoms with E-state index >= 15 is 0 Å². The smallest absolute Gasteiger partial charge is 0.0897 e. The zero-order valence-corrected chi connectivity index (χ0v) is 13.4. The first-order valence-electron chi connectivity index (χ1n) is 7.20. The number of aliphatic hydroxyl groups excluding tert-OH is 1. The van der Waals surface area contributed by atoms with Crippen LogP contribution in [-0.2, 0) is 11.3 Å². The number of aliphatic hydroxyl groups is 1. The molecule has 0 aliphatic heterocycles. The minimum absolute atomic E-state index is 0.314. The Morgan fingerprint density at radius 2 is 1.90 bits per heavy atom. The number of ether oxygens (including phenoxy) is 1. The molecular weight excluding hydrogens is 274 g/mol. The first-order chi connectivity index (χ1) is 9.50. The van der Waals surface area contributed by atoms with Gasteiger partial charge in [0.2, 0.25) is 0 Å². The highest BCUT2D eigenvalue weighted by Crippen LogP contribution is 2.15. The second-order valence-corrected chi connectivity index (χ2v) is 6.05. The van der Waals surface area contributed by atoms with Crippen molar-refractivity contribution in [3.63, 3.8) is 0 Å². The summed E-state index contributed by atoms with van der Waals surface area (Å²) in [5.74, 6) is 1.25. The molecule has 0 aromatic heterocycles. The first-order valence-corrected chi connectivity index (χ1v) is 7.58. The molecule has 1 aromatic carbocycles. The van der Waals surface area contributed by atoms with Gasteiger partial charge in [-0.15, -0.1) is 0 Å². The van der Waals surface area contributed by atoms with Gasteiger partial charge in [0.15, 0.2) is 0 Å². The van der Waals surface area contributed by atoms with E-state index < -0.39 is 6.10 Å². The lowest BCUT2D eigenvalue weighted by molar-refractivity contribution is 0.0284. The van der Waals surface area contributed by atoms with E-state index in [4.69, 9.17) is 16.3 Å². The number of halogens is 1. The van der Waals surface area contributed by atoms with Crippen LogP contribution in [0.3, 0.4) is 0 Å². The Labute approximate surface area is 127 Å². The number of hydrogen-bond acceptors (Lipinski definition) is 3. The summed E-state index contributed by atoms with van der Waals surface area (Å²) in [4.78, 5) is 0. The maximum Gasteiger partial charge on any atom is 0.0897 e. The molecule has 0 fully saturated rings. The Hall–Kier alpha value is -0.610. The lowest BCUT2D eigenvalue weighted by atomic mass is 9.98. The van der Waals surface area contributed by atoms with Gasteiger partial charge in [-0.1, -0.05) is 50.6 Å². The van der Waals surface area contributed by atoms with Gasteiger partial charge < -0.3 is 15.2 Å². The largest absolute Gasteiger partial charge is 0.389 e. The van der Waals surface area contributed by atoms with Gasteiger partial charge >= 0.3 is 0 Å². The predicted octanol–water partition coefficient (Wildman–Crippen LogP) is 3.10. The molecule has 0 heterocycles. The molecule has 20 heavy (non-hydrogen) atoms. The fourth-order valence-electron chi connectivity index (χ4n) is 1.69. The van der Waals surface area contributed by atoms with Crippen LogP contribution >= 0.6 is 11.6 Å². The van der Waals surface area contributed by atoms with Crippen LogP contribution in [0.5, 0.6) is 0 Å². The topological polar surface area (TPSA) is 41.5 Å². The summed E-state index contributed by atoms with van der Waals surface area (Å²) in [5, 5.41) is 13.8. The maximum atomic E-state index is 9.83. The van der Waals surface area contributed by atoms with E-state index in [0.29, 0.717) is 36.6 Å². The zero-order valence-electron chi connectivity index (χ0n) is 12.6. The number of nitrogens with one attached hydrogen (secondary N) is 1. The lowest BCUT2D eigenvalue weighted by Gasteiger charge is -2.18. The third kappa shape index (κ3) is 6.71. The van der Waals surface area contributed by atoms with Crippen molar-refractivity contribution < 1.29 is 9.84 Å². The monoisotopic (exact) mass is 299 g/mol. The van der Waals surface area contributed by atoms with Gasteiger partial charge in [0, 0.05) is 11.6 Å². The summed E-state index contributed by atoms with van der Waals surface area (Å²) in [7, 11) is 0. The van der Waals surface area contributed by atoms with E-state index in [1.807, 2.05) is 24.3 Å². The van der Waals surface area contributed by atoms with Crippen molar-refractivity contribution in [3.05, 3.63) is 34.9 Å². The van der Waals surface area contributed by atoms with Crippen LogP contribution in [0.1, 0.15) is 26.3 Å². The van der Waals surface area contributed by atoms with Crippen molar-refractivity contribution in [1.82, 2.24) is 5.32 Å². The Bertz CT molecular complexity index is 384. The summed E-state index contributed by atoms with van der Waals surface area (Å²) >= 11 is 6.03. The fourth-order valence-corrected chi connectivity index (χ4v) is 1.88. The van der Waals surface area contributed by atoms with E-state index in [1.54, 1.807) is 0 Å². The summed E-state index contributed by atoms with van der Waals surface area (Å²) in [6, 6.07) is 7.58. The van der Waals surface area contributed by atoms with E-state index in [9.17, 15) is 5.11 Å². The quantitative estimate of drug-likeness (QED) is 0.736. The summed E-state index contributed by atoms with van der Waals surface area (Å²) < 4.78 is 5.49. The highest BCUT2D eigenvalue weighted by molar-refractivity contribution is 6.31. The third-order valence-corrected chi connectivity index (χ3v) is 3.88. The van der Waals surface area contributed by atoms with Gasteiger partial charge in [0.25, 0.3) is 0 Å². The Kier molecular flexibility index (Phi) is 8.15. The normalized spacial score (nSPS) is 14.5. The fraction of sp³-hybridized carbons (Fsp3) is 0.625. The lowest BCUT2D eigenvalue weighted by Crippen LogP contribution is -2.34. The SMILES string of the molecule is CC(C)C(C)CNCC(O)COCc1ccccc1Cl. The molecule has 0 bridgehead atoms. The molecule has 114 valence electrons. The summed E-state index contributed by atoms with van der Waals surface area (Å²) in [6.07, 6.45) is -0.489. The second-order valence-electron chi connectivity index (χ2n) is 5.64.